The van der Waals surface area contributed by atoms with Crippen LogP contribution in [0, 0.1) is 6.92 Å². The number of phenols is 1. The van der Waals surface area contributed by atoms with E-state index in [0.717, 1.165) is 11.1 Å². The molecule has 0 atom stereocenters. The highest BCUT2D eigenvalue weighted by Crippen LogP contribution is 2.20. The fourth-order valence-corrected chi connectivity index (χ4v) is 2.15. The Morgan fingerprint density at radius 2 is 1.77 bits per heavy atom. The van der Waals surface area contributed by atoms with Gasteiger partial charge in [-0.1, -0.05) is 18.2 Å². The first kappa shape index (κ1) is 15.6. The van der Waals surface area contributed by atoms with Crippen molar-refractivity contribution in [3.8, 4) is 5.75 Å². The van der Waals surface area contributed by atoms with Crippen LogP contribution in [0.25, 0.3) is 0 Å². The number of amides is 2. The summed E-state index contributed by atoms with van der Waals surface area (Å²) in [6.07, 6.45) is 0. The average Bonchev–Trinajstić information content (AvgIpc) is 2.47. The lowest BCUT2D eigenvalue weighted by Crippen LogP contribution is -2.26. The zero-order chi connectivity index (χ0) is 16.3. The Hall–Kier alpha value is -2.82. The van der Waals surface area contributed by atoms with Gasteiger partial charge in [-0.3, -0.25) is 9.59 Å². The number of hydrogen-bond donors (Lipinski definition) is 2. The Labute approximate surface area is 129 Å². The van der Waals surface area contributed by atoms with Gasteiger partial charge in [0.25, 0.3) is 5.91 Å². The smallest absolute Gasteiger partial charge is 0.257 e. The topological polar surface area (TPSA) is 83.6 Å². The van der Waals surface area contributed by atoms with E-state index >= 15 is 0 Å². The van der Waals surface area contributed by atoms with Crippen molar-refractivity contribution in [2.45, 2.75) is 13.5 Å². The van der Waals surface area contributed by atoms with Crippen molar-refractivity contribution >= 4 is 11.8 Å². The standard InChI is InChI=1S/C17H18N2O3/c1-11-3-8-14(15(20)9-11)17(22)19(2)10-12-4-6-13(7-5-12)16(18)21/h3-9,20H,10H2,1-2H3,(H2,18,21). The number of aromatic hydroxyl groups is 1. The molecule has 0 saturated heterocycles. The molecule has 5 heteroatoms. The Balaban J connectivity index is 2.12. The predicted molar refractivity (Wildman–Crippen MR) is 83.6 cm³/mol. The number of nitrogens with two attached hydrogens (primary N) is 1. The van der Waals surface area contributed by atoms with Crippen molar-refractivity contribution in [1.29, 1.82) is 0 Å². The Bertz CT molecular complexity index is 708. The van der Waals surface area contributed by atoms with Gasteiger partial charge in [-0.15, -0.1) is 0 Å². The molecule has 0 spiro atoms. The SMILES string of the molecule is Cc1ccc(C(=O)N(C)Cc2ccc(C(N)=O)cc2)c(O)c1. The maximum absolute atomic E-state index is 12.3. The molecule has 114 valence electrons. The molecule has 0 heterocycles. The van der Waals surface area contributed by atoms with Gasteiger partial charge in [-0.05, 0) is 42.3 Å². The van der Waals surface area contributed by atoms with E-state index < -0.39 is 5.91 Å². The quantitative estimate of drug-likeness (QED) is 0.906. The Kier molecular flexibility index (Phi) is 4.46. The molecule has 0 aromatic heterocycles. The lowest BCUT2D eigenvalue weighted by Gasteiger charge is -2.18. The van der Waals surface area contributed by atoms with E-state index in [2.05, 4.69) is 0 Å². The number of phenolic OH excluding ortho intramolecular Hbond substituents is 1. The number of hydrogen-bond acceptors (Lipinski definition) is 3. The molecular weight excluding hydrogens is 280 g/mol. The molecule has 2 aromatic carbocycles. The molecule has 0 aliphatic carbocycles. The fourth-order valence-electron chi connectivity index (χ4n) is 2.15. The third kappa shape index (κ3) is 3.44. The van der Waals surface area contributed by atoms with Gasteiger partial charge in [0.05, 0.1) is 5.56 Å². The van der Waals surface area contributed by atoms with Crippen molar-refractivity contribution in [3.05, 3.63) is 64.7 Å². The maximum atomic E-state index is 12.3. The second-order valence-corrected chi connectivity index (χ2v) is 5.24. The summed E-state index contributed by atoms with van der Waals surface area (Å²) in [7, 11) is 1.66. The van der Waals surface area contributed by atoms with Gasteiger partial charge >= 0.3 is 0 Å². The Morgan fingerprint density at radius 3 is 2.32 bits per heavy atom. The van der Waals surface area contributed by atoms with E-state index in [-0.39, 0.29) is 17.2 Å². The summed E-state index contributed by atoms with van der Waals surface area (Å²) < 4.78 is 0. The summed E-state index contributed by atoms with van der Waals surface area (Å²) in [6.45, 7) is 2.21. The van der Waals surface area contributed by atoms with Gasteiger partial charge in [0.15, 0.2) is 0 Å². The number of primary amides is 1. The fraction of sp³-hybridized carbons (Fsp3) is 0.176. The van der Waals surface area contributed by atoms with E-state index in [0.29, 0.717) is 12.1 Å². The van der Waals surface area contributed by atoms with Crippen LogP contribution in [-0.2, 0) is 6.54 Å². The van der Waals surface area contributed by atoms with Crippen LogP contribution in [0.15, 0.2) is 42.5 Å². The van der Waals surface area contributed by atoms with Crippen LogP contribution in [0.3, 0.4) is 0 Å². The molecule has 2 amide bonds. The molecule has 0 saturated carbocycles. The van der Waals surface area contributed by atoms with Crippen molar-refractivity contribution in [3.63, 3.8) is 0 Å². The first-order valence-electron chi connectivity index (χ1n) is 6.82. The van der Waals surface area contributed by atoms with Gasteiger partial charge in [0.2, 0.25) is 5.91 Å². The second-order valence-electron chi connectivity index (χ2n) is 5.24. The molecule has 0 aliphatic rings. The van der Waals surface area contributed by atoms with Crippen LogP contribution in [0.5, 0.6) is 5.75 Å². The number of rotatable bonds is 4. The van der Waals surface area contributed by atoms with Crippen LogP contribution < -0.4 is 5.73 Å². The van der Waals surface area contributed by atoms with Gasteiger partial charge < -0.3 is 15.7 Å². The van der Waals surface area contributed by atoms with Gasteiger partial charge in [0, 0.05) is 19.2 Å². The highest BCUT2D eigenvalue weighted by atomic mass is 16.3. The molecule has 3 N–H and O–H groups in total. The third-order valence-electron chi connectivity index (χ3n) is 3.39. The van der Waals surface area contributed by atoms with Crippen molar-refractivity contribution in [2.24, 2.45) is 5.73 Å². The first-order valence-corrected chi connectivity index (χ1v) is 6.82. The minimum absolute atomic E-state index is 0.0269. The normalized spacial score (nSPS) is 10.3. The monoisotopic (exact) mass is 298 g/mol. The Morgan fingerprint density at radius 1 is 1.14 bits per heavy atom. The van der Waals surface area contributed by atoms with E-state index in [4.69, 9.17) is 5.73 Å². The van der Waals surface area contributed by atoms with Crippen LogP contribution in [0.4, 0.5) is 0 Å². The van der Waals surface area contributed by atoms with Crippen molar-refractivity contribution in [2.75, 3.05) is 7.05 Å². The zero-order valence-corrected chi connectivity index (χ0v) is 12.5. The number of benzene rings is 2. The minimum Gasteiger partial charge on any atom is -0.507 e. The van der Waals surface area contributed by atoms with E-state index in [9.17, 15) is 14.7 Å². The highest BCUT2D eigenvalue weighted by Gasteiger charge is 2.16. The summed E-state index contributed by atoms with van der Waals surface area (Å²) >= 11 is 0. The lowest BCUT2D eigenvalue weighted by atomic mass is 10.1. The summed E-state index contributed by atoms with van der Waals surface area (Å²) in [5.74, 6) is -0.780. The molecular formula is C17H18N2O3. The molecule has 22 heavy (non-hydrogen) atoms. The second kappa shape index (κ2) is 6.30. The van der Waals surface area contributed by atoms with Gasteiger partial charge in [0.1, 0.15) is 5.75 Å². The molecule has 2 rings (SSSR count). The minimum atomic E-state index is -0.486. The number of nitrogens with zero attached hydrogens (tertiary/aromatic N) is 1. The van der Waals surface area contributed by atoms with E-state index in [1.807, 2.05) is 6.92 Å². The van der Waals surface area contributed by atoms with Gasteiger partial charge in [-0.25, -0.2) is 0 Å². The third-order valence-corrected chi connectivity index (χ3v) is 3.39. The van der Waals surface area contributed by atoms with Crippen molar-refractivity contribution in [1.82, 2.24) is 4.90 Å². The molecule has 0 bridgehead atoms. The summed E-state index contributed by atoms with van der Waals surface area (Å²) in [4.78, 5) is 24.9. The van der Waals surface area contributed by atoms with Crippen molar-refractivity contribution < 1.29 is 14.7 Å². The molecule has 2 aromatic rings. The molecule has 5 nitrogen and oxygen atoms in total. The van der Waals surface area contributed by atoms with Crippen LogP contribution in [0.1, 0.15) is 31.8 Å². The first-order chi connectivity index (χ1) is 10.4. The molecule has 0 unspecified atom stereocenters. The molecule has 0 aliphatic heterocycles. The highest BCUT2D eigenvalue weighted by molar-refractivity contribution is 5.96. The van der Waals surface area contributed by atoms with E-state index in [1.165, 1.54) is 4.90 Å². The lowest BCUT2D eigenvalue weighted by molar-refractivity contribution is 0.0781. The molecule has 0 radical (unpaired) electrons. The summed E-state index contributed by atoms with van der Waals surface area (Å²) in [5.41, 5.74) is 7.63. The maximum Gasteiger partial charge on any atom is 0.257 e. The predicted octanol–water partition coefficient (Wildman–Crippen LogP) is 2.07. The van der Waals surface area contributed by atoms with Crippen LogP contribution in [0.2, 0.25) is 0 Å². The van der Waals surface area contributed by atoms with Crippen LogP contribution in [-0.4, -0.2) is 28.9 Å². The van der Waals surface area contributed by atoms with Crippen LogP contribution >= 0.6 is 0 Å². The molecule has 0 fully saturated rings. The zero-order valence-electron chi connectivity index (χ0n) is 12.5. The average molecular weight is 298 g/mol. The number of aryl methyl sites for hydroxylation is 1. The summed E-state index contributed by atoms with van der Waals surface area (Å²) in [6, 6.07) is 11.7. The number of carbonyl (C=O) groups excluding carboxylic acids is 2. The van der Waals surface area contributed by atoms with Gasteiger partial charge in [-0.2, -0.15) is 0 Å². The summed E-state index contributed by atoms with van der Waals surface area (Å²) in [5, 5.41) is 9.88. The van der Waals surface area contributed by atoms with E-state index in [1.54, 1.807) is 49.5 Å². The largest absolute Gasteiger partial charge is 0.507 e. The number of carbonyl (C=O) groups is 2.